The molecular weight excluding hydrogens is 574 g/mol. The molecule has 1 saturated carbocycles. The van der Waals surface area contributed by atoms with Gasteiger partial charge < -0.3 is 35.1 Å². The number of piperidine rings is 1. The average molecular weight is 614 g/mol. The molecule has 11 heteroatoms. The number of aromatic hydroxyl groups is 1. The number of pyridine rings is 2. The number of rotatable bonds is 9. The number of anilines is 2. The minimum Gasteiger partial charge on any atom is -0.504 e. The summed E-state index contributed by atoms with van der Waals surface area (Å²) in [6.07, 6.45) is 6.02. The molecule has 4 heterocycles. The third-order valence-corrected chi connectivity index (χ3v) is 10.2. The van der Waals surface area contributed by atoms with Crippen molar-refractivity contribution in [1.29, 1.82) is 0 Å². The Balaban J connectivity index is 1.35. The van der Waals surface area contributed by atoms with Crippen LogP contribution in [0.25, 0.3) is 0 Å². The number of phenols is 1. The van der Waals surface area contributed by atoms with Gasteiger partial charge in [-0.15, -0.1) is 0 Å². The van der Waals surface area contributed by atoms with Crippen molar-refractivity contribution in [3.8, 4) is 23.3 Å². The molecule has 1 amide bonds. The van der Waals surface area contributed by atoms with Gasteiger partial charge in [0.2, 0.25) is 11.8 Å². The number of methoxy groups -OCH3 is 2. The fourth-order valence-corrected chi connectivity index (χ4v) is 7.60. The van der Waals surface area contributed by atoms with Crippen molar-refractivity contribution in [3.05, 3.63) is 71.2 Å². The predicted octanol–water partition coefficient (Wildman–Crippen LogP) is 4.01. The van der Waals surface area contributed by atoms with Gasteiger partial charge in [0, 0.05) is 35.9 Å². The van der Waals surface area contributed by atoms with E-state index in [0.29, 0.717) is 58.9 Å². The van der Waals surface area contributed by atoms with Crippen LogP contribution in [0.2, 0.25) is 0 Å². The smallest absolute Gasteiger partial charge is 0.253 e. The van der Waals surface area contributed by atoms with Gasteiger partial charge in [-0.05, 0) is 75.8 Å². The fourth-order valence-electron chi connectivity index (χ4n) is 7.60. The lowest BCUT2D eigenvalue weighted by Gasteiger charge is -2.60. The van der Waals surface area contributed by atoms with Crippen molar-refractivity contribution in [2.24, 2.45) is 5.92 Å². The molecule has 1 spiro atoms. The predicted molar refractivity (Wildman–Crippen MR) is 168 cm³/mol. The molecule has 2 aromatic heterocycles. The Labute approximate surface area is 262 Å². The number of carbonyl (C=O) groups excluding carboxylic acids is 1. The van der Waals surface area contributed by atoms with Crippen LogP contribution in [-0.4, -0.2) is 76.0 Å². The minimum absolute atomic E-state index is 0.0159. The third-order valence-electron chi connectivity index (χ3n) is 10.2. The first-order valence-corrected chi connectivity index (χ1v) is 15.4. The van der Waals surface area contributed by atoms with Gasteiger partial charge in [0.1, 0.15) is 0 Å². The lowest BCUT2D eigenvalue weighted by Crippen LogP contribution is -2.73. The van der Waals surface area contributed by atoms with Crippen LogP contribution in [0.5, 0.6) is 23.3 Å². The summed E-state index contributed by atoms with van der Waals surface area (Å²) < 4.78 is 17.1. The monoisotopic (exact) mass is 613 g/mol. The molecule has 1 aromatic carbocycles. The van der Waals surface area contributed by atoms with Crippen LogP contribution in [0.15, 0.2) is 60.1 Å². The van der Waals surface area contributed by atoms with Crippen LogP contribution in [0.1, 0.15) is 44.2 Å². The highest BCUT2D eigenvalue weighted by molar-refractivity contribution is 6.04. The van der Waals surface area contributed by atoms with Crippen LogP contribution >= 0.6 is 0 Å². The van der Waals surface area contributed by atoms with Gasteiger partial charge in [0.05, 0.1) is 54.7 Å². The number of amides is 1. The normalized spacial score (nSPS) is 27.1. The molecule has 4 N–H and O–H groups in total. The van der Waals surface area contributed by atoms with Crippen molar-refractivity contribution in [2.45, 2.75) is 62.7 Å². The molecule has 7 rings (SSSR count). The van der Waals surface area contributed by atoms with E-state index >= 15 is 0 Å². The topological polar surface area (TPSA) is 138 Å². The number of ether oxygens (including phenoxy) is 3. The molecule has 11 nitrogen and oxygen atoms in total. The van der Waals surface area contributed by atoms with Gasteiger partial charge in [-0.3, -0.25) is 9.69 Å². The molecule has 2 aliphatic carbocycles. The van der Waals surface area contributed by atoms with E-state index in [1.165, 1.54) is 26.1 Å². The van der Waals surface area contributed by atoms with Crippen LogP contribution in [0, 0.1) is 5.92 Å². The Hall–Kier alpha value is -4.35. The standard InChI is InChI=1S/C34H39N5O6/c1-19(32(41)38-23-9-12-27(44-4)36-17-23)29(37-22-8-11-26(43-3)35-16-22)31-34-13-14-39(18-20-5-6-20)25(33(34,2)42)15-21-7-10-24(40)30(45-31)28(21)34/h7-12,16-17,20,25,31,37,40,42H,5-6,13-15,18H2,1-4H3,(H,38,41)/b29-19-/t25-,31+,33-,34+/m1/s1. The number of hydrogen-bond donors (Lipinski definition) is 4. The molecule has 0 radical (unpaired) electrons. The number of nitrogens with zero attached hydrogens (tertiary/aromatic N) is 3. The lowest BCUT2D eigenvalue weighted by molar-refractivity contribution is -0.149. The van der Waals surface area contributed by atoms with Crippen LogP contribution in [0.3, 0.4) is 0 Å². The second kappa shape index (κ2) is 10.9. The highest BCUT2D eigenvalue weighted by Gasteiger charge is 2.69. The van der Waals surface area contributed by atoms with E-state index in [4.69, 9.17) is 14.2 Å². The maximum atomic E-state index is 13.9. The number of fused-ring (bicyclic) bond motifs is 1. The number of likely N-dealkylation sites (tertiary alicyclic amines) is 1. The van der Waals surface area contributed by atoms with E-state index in [9.17, 15) is 15.0 Å². The second-order valence-electron chi connectivity index (χ2n) is 12.8. The Morgan fingerprint density at radius 2 is 1.71 bits per heavy atom. The summed E-state index contributed by atoms with van der Waals surface area (Å²) in [6.45, 7) is 5.36. The van der Waals surface area contributed by atoms with Crippen LogP contribution in [0.4, 0.5) is 11.4 Å². The summed E-state index contributed by atoms with van der Waals surface area (Å²) in [4.78, 5) is 24.9. The molecule has 2 aliphatic heterocycles. The summed E-state index contributed by atoms with van der Waals surface area (Å²) in [5.41, 5.74) is 1.65. The number of phenolic OH excluding ortho intramolecular Hbond substituents is 1. The van der Waals surface area contributed by atoms with Gasteiger partial charge in [-0.2, -0.15) is 0 Å². The molecule has 0 unspecified atom stereocenters. The zero-order valence-electron chi connectivity index (χ0n) is 26.0. The van der Waals surface area contributed by atoms with Gasteiger partial charge in [-0.1, -0.05) is 6.07 Å². The summed E-state index contributed by atoms with van der Waals surface area (Å²) >= 11 is 0. The maximum Gasteiger partial charge on any atom is 0.253 e. The van der Waals surface area contributed by atoms with Crippen molar-refractivity contribution in [2.75, 3.05) is 37.9 Å². The Morgan fingerprint density at radius 3 is 2.31 bits per heavy atom. The largest absolute Gasteiger partial charge is 0.504 e. The van der Waals surface area contributed by atoms with Gasteiger partial charge in [0.25, 0.3) is 5.91 Å². The Kier molecular flexibility index (Phi) is 7.13. The van der Waals surface area contributed by atoms with E-state index in [1.54, 1.807) is 44.5 Å². The Bertz CT molecular complexity index is 1650. The van der Waals surface area contributed by atoms with Gasteiger partial charge in [0.15, 0.2) is 17.6 Å². The molecule has 3 aromatic rings. The third kappa shape index (κ3) is 4.76. The molecule has 4 aliphatic rings. The minimum atomic E-state index is -1.24. The first-order valence-electron chi connectivity index (χ1n) is 15.4. The van der Waals surface area contributed by atoms with Crippen molar-refractivity contribution in [3.63, 3.8) is 0 Å². The highest BCUT2D eigenvalue weighted by Crippen LogP contribution is 2.63. The number of aliphatic hydroxyl groups is 1. The SMILES string of the molecule is COc1ccc(NC(=O)/C(C)=C(\Nc2ccc(OC)nc2)[C@@H]2Oc3c(O)ccc4c3[C@@]23CCN(CC2CC2)[C@H](C4)[C@@]3(C)O)cn1. The number of carbonyl (C=O) groups is 1. The van der Waals surface area contributed by atoms with E-state index in [-0.39, 0.29) is 17.7 Å². The number of aromatic nitrogens is 2. The summed E-state index contributed by atoms with van der Waals surface area (Å²) in [6, 6.07) is 10.4. The molecule has 4 atom stereocenters. The van der Waals surface area contributed by atoms with E-state index < -0.39 is 17.1 Å². The van der Waals surface area contributed by atoms with E-state index in [1.807, 2.05) is 19.1 Å². The van der Waals surface area contributed by atoms with Crippen molar-refractivity contribution in [1.82, 2.24) is 14.9 Å². The van der Waals surface area contributed by atoms with E-state index in [2.05, 4.69) is 25.5 Å². The lowest BCUT2D eigenvalue weighted by atomic mass is 9.53. The van der Waals surface area contributed by atoms with Crippen LogP contribution in [-0.2, 0) is 16.6 Å². The van der Waals surface area contributed by atoms with Crippen molar-refractivity contribution >= 4 is 17.3 Å². The van der Waals surface area contributed by atoms with E-state index in [0.717, 1.165) is 24.2 Å². The molecule has 1 saturated heterocycles. The van der Waals surface area contributed by atoms with Crippen molar-refractivity contribution < 1.29 is 29.2 Å². The summed E-state index contributed by atoms with van der Waals surface area (Å²) in [5, 5.41) is 30.2. The first-order chi connectivity index (χ1) is 21.7. The number of benzene rings is 1. The molecular formula is C34H39N5O6. The molecule has 2 bridgehead atoms. The first kappa shape index (κ1) is 29.4. The average Bonchev–Trinajstić information content (AvgIpc) is 3.79. The summed E-state index contributed by atoms with van der Waals surface area (Å²) in [7, 11) is 3.08. The molecule has 45 heavy (non-hydrogen) atoms. The quantitative estimate of drug-likeness (QED) is 0.262. The number of nitrogens with one attached hydrogen (secondary N) is 2. The zero-order valence-corrected chi connectivity index (χ0v) is 26.0. The van der Waals surface area contributed by atoms with Gasteiger partial charge >= 0.3 is 0 Å². The summed E-state index contributed by atoms with van der Waals surface area (Å²) in [5.74, 6) is 1.56. The highest BCUT2D eigenvalue weighted by atomic mass is 16.5. The molecule has 2 fully saturated rings. The molecule has 236 valence electrons. The Morgan fingerprint density at radius 1 is 1.04 bits per heavy atom. The number of hydrogen-bond acceptors (Lipinski definition) is 10. The second-order valence-corrected chi connectivity index (χ2v) is 12.8. The zero-order chi connectivity index (χ0) is 31.5. The van der Waals surface area contributed by atoms with Gasteiger partial charge in [-0.25, -0.2) is 9.97 Å². The van der Waals surface area contributed by atoms with Crippen LogP contribution < -0.4 is 24.8 Å². The maximum absolute atomic E-state index is 13.9. The fraction of sp³-hybridized carbons (Fsp3) is 0.441.